The van der Waals surface area contributed by atoms with E-state index in [0.717, 1.165) is 0 Å². The van der Waals surface area contributed by atoms with E-state index in [1.54, 1.807) is 0 Å². The van der Waals surface area contributed by atoms with Crippen LogP contribution in [0.15, 0.2) is 0 Å². The summed E-state index contributed by atoms with van der Waals surface area (Å²) < 4.78 is 3.18. The molecule has 0 aliphatic heterocycles. The second-order valence-corrected chi connectivity index (χ2v) is 3.98. The minimum Gasteiger partial charge on any atom is -0.477 e. The molecular weight excluding hydrogens is 220 g/mol. The highest BCUT2D eigenvalue weighted by molar-refractivity contribution is 6.67. The second kappa shape index (κ2) is 5.30. The van der Waals surface area contributed by atoms with Gasteiger partial charge < -0.3 is 4.74 Å². The highest BCUT2D eigenvalue weighted by atomic mass is 35.6. The number of hydrogen-bond donors (Lipinski definition) is 1. The molecule has 0 aliphatic carbocycles. The van der Waals surface area contributed by atoms with Crippen LogP contribution in [-0.2, 0) is 4.74 Å². The van der Waals surface area contributed by atoms with E-state index in [0.29, 0.717) is 0 Å². The van der Waals surface area contributed by atoms with Crippen molar-refractivity contribution in [3.05, 3.63) is 0 Å². The van der Waals surface area contributed by atoms with E-state index in [1.807, 2.05) is 0 Å². The minimum absolute atomic E-state index is 0. The Morgan fingerprint density at radius 1 is 1.50 bits per heavy atom. The van der Waals surface area contributed by atoms with Crippen molar-refractivity contribution in [2.75, 3.05) is 6.61 Å². The molecule has 0 heterocycles. The molecule has 0 atom stereocenters. The van der Waals surface area contributed by atoms with Crippen LogP contribution < -0.4 is 0 Å². The summed E-state index contributed by atoms with van der Waals surface area (Å²) >= 11 is 15.9. The largest absolute Gasteiger partial charge is 0.477 e. The van der Waals surface area contributed by atoms with Gasteiger partial charge in [0.1, 0.15) is 6.61 Å². The van der Waals surface area contributed by atoms with Crippen LogP contribution in [0.2, 0.25) is 0 Å². The molecule has 6 heteroatoms. The van der Waals surface area contributed by atoms with Gasteiger partial charge in [0.15, 0.2) is 5.90 Å². The summed E-state index contributed by atoms with van der Waals surface area (Å²) in [4.78, 5) is 0. The maximum absolute atomic E-state index is 6.78. The fourth-order valence-corrected chi connectivity index (χ4v) is 0.354. The van der Waals surface area contributed by atoms with Crippen LogP contribution in [0.5, 0.6) is 0 Å². The van der Waals surface area contributed by atoms with Crippen LogP contribution in [-0.4, -0.2) is 16.3 Å². The number of hydrogen-bond acceptors (Lipinski definition) is 2. The molecule has 0 saturated carbocycles. The number of rotatable bonds is 1. The molecule has 0 radical (unpaired) electrons. The first-order chi connectivity index (χ1) is 3.92. The molecule has 0 unspecified atom stereocenters. The molecule has 1 N–H and O–H groups in total. The zero-order chi connectivity index (χ0) is 7.49. The molecule has 0 saturated heterocycles. The van der Waals surface area contributed by atoms with E-state index in [9.17, 15) is 0 Å². The van der Waals surface area contributed by atoms with Crippen LogP contribution in [0.4, 0.5) is 0 Å². The molecule has 62 valence electrons. The second-order valence-electron chi connectivity index (χ2n) is 1.46. The maximum Gasteiger partial charge on any atom is 0.224 e. The Hall–Kier alpha value is 0.630. The summed E-state index contributed by atoms with van der Waals surface area (Å²) in [5, 5.41) is 6.78. The molecule has 0 aliphatic rings. The first-order valence-corrected chi connectivity index (χ1v) is 3.30. The number of halogens is 4. The lowest BCUT2D eigenvalue weighted by atomic mass is 10.7. The first kappa shape index (κ1) is 13.2. The molecule has 0 spiro atoms. The quantitative estimate of drug-likeness (QED) is 0.417. The Morgan fingerprint density at radius 2 is 1.90 bits per heavy atom. The molecule has 0 aromatic rings. The summed E-state index contributed by atoms with van der Waals surface area (Å²) in [6.07, 6.45) is 0. The monoisotopic (exact) mass is 225 g/mol. The van der Waals surface area contributed by atoms with Gasteiger partial charge in [0.05, 0.1) is 0 Å². The lowest BCUT2D eigenvalue weighted by molar-refractivity contribution is 0.307. The number of nitrogens with one attached hydrogen (secondary N) is 1. The van der Waals surface area contributed by atoms with Crippen LogP contribution in [0, 0.1) is 5.41 Å². The number of alkyl halides is 3. The molecule has 0 fully saturated rings. The van der Waals surface area contributed by atoms with Crippen molar-refractivity contribution in [3.8, 4) is 0 Å². The molecule has 0 rings (SSSR count). The Labute approximate surface area is 80.7 Å². The van der Waals surface area contributed by atoms with Crippen molar-refractivity contribution < 1.29 is 4.74 Å². The van der Waals surface area contributed by atoms with Gasteiger partial charge in [-0.2, -0.15) is 0 Å². The predicted molar refractivity (Wildman–Crippen MR) is 46.9 cm³/mol. The van der Waals surface area contributed by atoms with Gasteiger partial charge in [-0.15, -0.1) is 12.4 Å². The molecule has 10 heavy (non-hydrogen) atoms. The Bertz CT molecular complexity index is 110. The van der Waals surface area contributed by atoms with Gasteiger partial charge in [0, 0.05) is 6.92 Å². The van der Waals surface area contributed by atoms with Crippen LogP contribution >= 0.6 is 47.2 Å². The van der Waals surface area contributed by atoms with Crippen molar-refractivity contribution in [3.63, 3.8) is 0 Å². The van der Waals surface area contributed by atoms with Gasteiger partial charge >= 0.3 is 0 Å². The van der Waals surface area contributed by atoms with Crippen LogP contribution in [0.3, 0.4) is 0 Å². The normalized spacial score (nSPS) is 10.0. The molecule has 2 nitrogen and oxygen atoms in total. The Balaban J connectivity index is 0. The maximum atomic E-state index is 6.78. The minimum atomic E-state index is -1.41. The first-order valence-electron chi connectivity index (χ1n) is 2.16. The van der Waals surface area contributed by atoms with E-state index in [-0.39, 0.29) is 24.9 Å². The third-order valence-corrected chi connectivity index (χ3v) is 0.780. The van der Waals surface area contributed by atoms with Crippen molar-refractivity contribution >= 4 is 53.1 Å². The average Bonchev–Trinajstić information content (AvgIpc) is 1.59. The summed E-state index contributed by atoms with van der Waals surface area (Å²) in [5.74, 6) is 0.0429. The fraction of sp³-hybridized carbons (Fsp3) is 0.750. The van der Waals surface area contributed by atoms with Gasteiger partial charge in [0.2, 0.25) is 3.79 Å². The van der Waals surface area contributed by atoms with E-state index < -0.39 is 3.79 Å². The third-order valence-electron chi connectivity index (χ3n) is 0.452. The zero-order valence-electron chi connectivity index (χ0n) is 5.16. The SMILES string of the molecule is CC(=N)OCC(Cl)(Cl)Cl.Cl. The van der Waals surface area contributed by atoms with E-state index in [1.165, 1.54) is 6.92 Å². The Morgan fingerprint density at radius 3 is 2.00 bits per heavy atom. The molecule has 0 aromatic heterocycles. The highest BCUT2D eigenvalue weighted by Crippen LogP contribution is 2.25. The van der Waals surface area contributed by atoms with Crippen LogP contribution in [0.25, 0.3) is 0 Å². The number of ether oxygens (including phenoxy) is 1. The van der Waals surface area contributed by atoms with E-state index in [4.69, 9.17) is 40.2 Å². The third kappa shape index (κ3) is 11.4. The van der Waals surface area contributed by atoms with Gasteiger partial charge in [-0.1, -0.05) is 34.8 Å². The van der Waals surface area contributed by atoms with Crippen LogP contribution in [0.1, 0.15) is 6.92 Å². The van der Waals surface area contributed by atoms with Crippen molar-refractivity contribution in [1.29, 1.82) is 5.41 Å². The molecule has 0 aromatic carbocycles. The fourth-order valence-electron chi connectivity index (χ4n) is 0.190. The van der Waals surface area contributed by atoms with Gasteiger partial charge in [-0.05, 0) is 0 Å². The molecule has 0 bridgehead atoms. The average molecular weight is 227 g/mol. The topological polar surface area (TPSA) is 33.1 Å². The standard InChI is InChI=1S/C4H6Cl3NO.ClH/c1-3(8)9-2-4(5,6)7;/h8H,2H2,1H3;1H. The Kier molecular flexibility index (Phi) is 7.02. The smallest absolute Gasteiger partial charge is 0.224 e. The highest BCUT2D eigenvalue weighted by Gasteiger charge is 2.20. The summed E-state index contributed by atoms with van der Waals surface area (Å²) in [5.41, 5.74) is 0. The zero-order valence-corrected chi connectivity index (χ0v) is 8.24. The van der Waals surface area contributed by atoms with Crippen molar-refractivity contribution in [2.45, 2.75) is 10.7 Å². The van der Waals surface area contributed by atoms with E-state index in [2.05, 4.69) is 4.74 Å². The lowest BCUT2D eigenvalue weighted by Crippen LogP contribution is -2.14. The van der Waals surface area contributed by atoms with Crippen molar-refractivity contribution in [1.82, 2.24) is 0 Å². The molecular formula is C4H7Cl4NO. The lowest BCUT2D eigenvalue weighted by Gasteiger charge is -2.10. The van der Waals surface area contributed by atoms with Crippen molar-refractivity contribution in [2.24, 2.45) is 0 Å². The molecule has 0 amide bonds. The van der Waals surface area contributed by atoms with Gasteiger partial charge in [0.25, 0.3) is 0 Å². The predicted octanol–water partition coefficient (Wildman–Crippen LogP) is 2.79. The van der Waals surface area contributed by atoms with Gasteiger partial charge in [-0.25, -0.2) is 0 Å². The summed E-state index contributed by atoms with van der Waals surface area (Å²) in [6.45, 7) is 1.39. The summed E-state index contributed by atoms with van der Waals surface area (Å²) in [6, 6.07) is 0. The van der Waals surface area contributed by atoms with Gasteiger partial charge in [-0.3, -0.25) is 5.41 Å². The summed E-state index contributed by atoms with van der Waals surface area (Å²) in [7, 11) is 0. The van der Waals surface area contributed by atoms with E-state index >= 15 is 0 Å².